The molecule has 2 aromatic rings. The van der Waals surface area contributed by atoms with E-state index < -0.39 is 0 Å². The van der Waals surface area contributed by atoms with Crippen LogP contribution in [0.25, 0.3) is 0 Å². The van der Waals surface area contributed by atoms with Crippen molar-refractivity contribution in [1.82, 2.24) is 0 Å². The fourth-order valence-electron chi connectivity index (χ4n) is 5.52. The fourth-order valence-corrected chi connectivity index (χ4v) is 5.52. The molecule has 4 atom stereocenters. The van der Waals surface area contributed by atoms with Crippen molar-refractivity contribution < 1.29 is 9.30 Å². The number of nitrogens with zero attached hydrogens (tertiary/aromatic N) is 1. The minimum atomic E-state index is 0.235. The topological polar surface area (TPSA) is 13.1 Å². The molecule has 0 amide bonds. The van der Waals surface area contributed by atoms with Crippen LogP contribution >= 0.6 is 0 Å². The van der Waals surface area contributed by atoms with Gasteiger partial charge in [0.05, 0.1) is 12.2 Å². The Morgan fingerprint density at radius 2 is 1.74 bits per heavy atom. The summed E-state index contributed by atoms with van der Waals surface area (Å²) in [6.45, 7) is 0.917. The third-order valence-electron chi connectivity index (χ3n) is 6.76. The lowest BCUT2D eigenvalue weighted by atomic mass is 9.68. The van der Waals surface area contributed by atoms with E-state index in [2.05, 4.69) is 65.5 Å². The molecule has 4 unspecified atom stereocenters. The Hall–Kier alpha value is -1.93. The van der Waals surface area contributed by atoms with Gasteiger partial charge in [-0.1, -0.05) is 54.8 Å². The number of ether oxygens (including phenoxy) is 1. The van der Waals surface area contributed by atoms with Crippen LogP contribution in [0, 0.1) is 11.8 Å². The zero-order valence-corrected chi connectivity index (χ0v) is 16.1. The zero-order valence-electron chi connectivity index (χ0n) is 16.1. The van der Waals surface area contributed by atoms with E-state index in [0.717, 1.165) is 6.54 Å². The zero-order chi connectivity index (χ0) is 18.1. The maximum atomic E-state index is 6.80. The monoisotopic (exact) mass is 360 g/mol. The predicted octanol–water partition coefficient (Wildman–Crippen LogP) is 5.38. The average molecular weight is 361 g/mol. The van der Waals surface area contributed by atoms with Gasteiger partial charge in [-0.2, -0.15) is 0 Å². The van der Waals surface area contributed by atoms with Crippen molar-refractivity contribution in [2.45, 2.75) is 63.7 Å². The summed E-state index contributed by atoms with van der Waals surface area (Å²) in [7, 11) is 0. The first-order valence-corrected chi connectivity index (χ1v) is 10.8. The van der Waals surface area contributed by atoms with Crippen LogP contribution in [0.2, 0.25) is 0 Å². The number of hydrogen-bond donors (Lipinski definition) is 0. The summed E-state index contributed by atoms with van der Waals surface area (Å²) in [5.74, 6) is 1.28. The molecule has 140 valence electrons. The third kappa shape index (κ3) is 3.48. The number of allylic oxidation sites excluding steroid dienone is 1. The van der Waals surface area contributed by atoms with Gasteiger partial charge in [0, 0.05) is 29.0 Å². The number of hydrogen-bond acceptors (Lipinski definition) is 1. The molecule has 2 aliphatic carbocycles. The normalized spacial score (nSPS) is 30.1. The summed E-state index contributed by atoms with van der Waals surface area (Å²) < 4.78 is 9.11. The van der Waals surface area contributed by atoms with Crippen molar-refractivity contribution in [3.63, 3.8) is 0 Å². The van der Waals surface area contributed by atoms with Gasteiger partial charge in [-0.3, -0.25) is 0 Å². The molecule has 5 rings (SSSR count). The first-order valence-electron chi connectivity index (χ1n) is 10.8. The molecule has 1 aromatic heterocycles. The first kappa shape index (κ1) is 17.2. The van der Waals surface area contributed by atoms with Crippen LogP contribution in [0.1, 0.15) is 62.2 Å². The van der Waals surface area contributed by atoms with Crippen LogP contribution < -0.4 is 4.57 Å². The second kappa shape index (κ2) is 7.59. The average Bonchev–Trinajstić information content (AvgIpc) is 2.74. The molecule has 2 heteroatoms. The third-order valence-corrected chi connectivity index (χ3v) is 6.76. The number of benzene rings is 1. The van der Waals surface area contributed by atoms with Gasteiger partial charge >= 0.3 is 0 Å². The number of fused-ring (bicyclic) bond motifs is 3. The summed E-state index contributed by atoms with van der Waals surface area (Å²) in [6.07, 6.45) is 16.9. The number of rotatable bonds is 3. The SMILES string of the molecule is C1=C2C3CCCCC3OC(c3ccc[n+](Cc4ccccc4)c3)C2CCC1. The number of aromatic nitrogens is 1. The molecule has 2 heterocycles. The lowest BCUT2D eigenvalue weighted by molar-refractivity contribution is -0.689. The molecular formula is C25H30NO+. The van der Waals surface area contributed by atoms with Gasteiger partial charge in [-0.25, -0.2) is 4.57 Å². The van der Waals surface area contributed by atoms with Gasteiger partial charge < -0.3 is 4.74 Å². The highest BCUT2D eigenvalue weighted by molar-refractivity contribution is 5.25. The smallest absolute Gasteiger partial charge is 0.174 e. The van der Waals surface area contributed by atoms with Crippen molar-refractivity contribution in [3.05, 3.63) is 77.6 Å². The van der Waals surface area contributed by atoms with Gasteiger partial charge in [-0.05, 0) is 38.2 Å². The maximum absolute atomic E-state index is 6.80. The van der Waals surface area contributed by atoms with Gasteiger partial charge in [0.25, 0.3) is 0 Å². The van der Waals surface area contributed by atoms with E-state index in [1.54, 1.807) is 5.57 Å². The lowest BCUT2D eigenvalue weighted by Gasteiger charge is -2.47. The van der Waals surface area contributed by atoms with E-state index in [9.17, 15) is 0 Å². The summed E-state index contributed by atoms with van der Waals surface area (Å²) in [5.41, 5.74) is 4.44. The predicted molar refractivity (Wildman–Crippen MR) is 107 cm³/mol. The van der Waals surface area contributed by atoms with Gasteiger partial charge in [0.2, 0.25) is 0 Å². The van der Waals surface area contributed by atoms with Crippen molar-refractivity contribution in [3.8, 4) is 0 Å². The molecule has 1 aromatic carbocycles. The Balaban J connectivity index is 1.44. The van der Waals surface area contributed by atoms with E-state index in [1.807, 2.05) is 0 Å². The van der Waals surface area contributed by atoms with Gasteiger partial charge in [0.1, 0.15) is 0 Å². The van der Waals surface area contributed by atoms with Crippen molar-refractivity contribution in [2.24, 2.45) is 11.8 Å². The lowest BCUT2D eigenvalue weighted by Crippen LogP contribution is -2.42. The summed E-state index contributed by atoms with van der Waals surface area (Å²) in [5, 5.41) is 0. The van der Waals surface area contributed by atoms with Gasteiger partial charge in [-0.15, -0.1) is 0 Å². The molecule has 1 aliphatic heterocycles. The minimum Gasteiger partial charge on any atom is -0.369 e. The molecule has 3 aliphatic rings. The van der Waals surface area contributed by atoms with E-state index in [-0.39, 0.29) is 6.10 Å². The molecule has 0 spiro atoms. The van der Waals surface area contributed by atoms with E-state index in [4.69, 9.17) is 4.74 Å². The Labute approximate surface area is 162 Å². The highest BCUT2D eigenvalue weighted by Crippen LogP contribution is 2.50. The number of pyridine rings is 1. The molecule has 27 heavy (non-hydrogen) atoms. The maximum Gasteiger partial charge on any atom is 0.174 e. The molecule has 0 radical (unpaired) electrons. The highest BCUT2D eigenvalue weighted by Gasteiger charge is 2.44. The molecule has 0 bridgehead atoms. The van der Waals surface area contributed by atoms with Crippen LogP contribution in [0.15, 0.2) is 66.5 Å². The molecular weight excluding hydrogens is 330 g/mol. The fraction of sp³-hybridized carbons (Fsp3) is 0.480. The van der Waals surface area contributed by atoms with Crippen LogP contribution in [-0.4, -0.2) is 6.10 Å². The van der Waals surface area contributed by atoms with Crippen molar-refractivity contribution in [1.29, 1.82) is 0 Å². The molecule has 2 fully saturated rings. The Morgan fingerprint density at radius 3 is 2.67 bits per heavy atom. The van der Waals surface area contributed by atoms with E-state index in [0.29, 0.717) is 17.9 Å². The minimum absolute atomic E-state index is 0.235. The molecule has 0 N–H and O–H groups in total. The molecule has 2 nitrogen and oxygen atoms in total. The highest BCUT2D eigenvalue weighted by atomic mass is 16.5. The largest absolute Gasteiger partial charge is 0.369 e. The van der Waals surface area contributed by atoms with Crippen LogP contribution in [0.5, 0.6) is 0 Å². The summed E-state index contributed by atoms with van der Waals surface area (Å²) >= 11 is 0. The molecule has 1 saturated carbocycles. The molecule has 1 saturated heterocycles. The van der Waals surface area contributed by atoms with E-state index in [1.165, 1.54) is 56.1 Å². The second-order valence-corrected chi connectivity index (χ2v) is 8.52. The van der Waals surface area contributed by atoms with Crippen LogP contribution in [0.3, 0.4) is 0 Å². The van der Waals surface area contributed by atoms with Crippen LogP contribution in [0.4, 0.5) is 0 Å². The van der Waals surface area contributed by atoms with Crippen LogP contribution in [-0.2, 0) is 11.3 Å². The first-order chi connectivity index (χ1) is 13.4. The quantitative estimate of drug-likeness (QED) is 0.529. The Kier molecular flexibility index (Phi) is 4.83. The Bertz CT molecular complexity index is 812. The second-order valence-electron chi connectivity index (χ2n) is 8.52. The van der Waals surface area contributed by atoms with Crippen molar-refractivity contribution in [2.75, 3.05) is 0 Å². The summed E-state index contributed by atoms with van der Waals surface area (Å²) in [4.78, 5) is 0. The van der Waals surface area contributed by atoms with E-state index >= 15 is 0 Å². The van der Waals surface area contributed by atoms with Crippen molar-refractivity contribution >= 4 is 0 Å². The summed E-state index contributed by atoms with van der Waals surface area (Å²) in [6, 6.07) is 15.2. The Morgan fingerprint density at radius 1 is 0.889 bits per heavy atom. The van der Waals surface area contributed by atoms with Gasteiger partial charge in [0.15, 0.2) is 18.9 Å². The standard InChI is InChI=1S/C25H30NO/c1-2-9-19(10-3-1)17-26-16-8-11-20(18-26)25-23-14-5-4-12-21(23)22-13-6-7-15-24(22)27-25/h1-3,8-12,16,18,22-25H,4-7,13-15,17H2/q+1.